The summed E-state index contributed by atoms with van der Waals surface area (Å²) in [6.45, 7) is 4.01. The first-order valence-electron chi connectivity index (χ1n) is 25.8. The van der Waals surface area contributed by atoms with Crippen molar-refractivity contribution in [2.45, 2.75) is 238 Å². The highest BCUT2D eigenvalue weighted by Gasteiger charge is 2.16. The Labute approximate surface area is 383 Å². The number of unbranched alkanes of at least 4 members (excludes halogenated alkanes) is 22. The molecule has 0 aromatic rings. The maximum Gasteiger partial charge on any atom is 0.306 e. The quantitative estimate of drug-likeness (QED) is 0.0375. The monoisotopic (exact) mass is 861 g/mol. The van der Waals surface area contributed by atoms with E-state index in [0.717, 1.165) is 89.9 Å². The van der Waals surface area contributed by atoms with Crippen molar-refractivity contribution in [3.63, 3.8) is 0 Å². The van der Waals surface area contributed by atoms with E-state index < -0.39 is 6.10 Å². The summed E-state index contributed by atoms with van der Waals surface area (Å²) in [5.41, 5.74) is 0. The summed E-state index contributed by atoms with van der Waals surface area (Å²) in [4.78, 5) is 24.4. The predicted octanol–water partition coefficient (Wildman–Crippen LogP) is 17.2. The van der Waals surface area contributed by atoms with Gasteiger partial charge in [-0.05, 0) is 96.3 Å². The molecule has 1 N–H and O–H groups in total. The molecule has 354 valence electrons. The Balaban J connectivity index is 3.55. The molecule has 0 bridgehead atoms. The van der Waals surface area contributed by atoms with Gasteiger partial charge in [-0.2, -0.15) is 0 Å². The summed E-state index contributed by atoms with van der Waals surface area (Å²) in [5, 5.41) is 9.61. The first kappa shape index (κ1) is 58.8. The molecule has 5 heteroatoms. The Hall–Kier alpha value is -3.18. The largest absolute Gasteiger partial charge is 0.462 e. The highest BCUT2D eigenvalue weighted by Crippen LogP contribution is 2.14. The van der Waals surface area contributed by atoms with Crippen molar-refractivity contribution in [1.29, 1.82) is 0 Å². The molecule has 62 heavy (non-hydrogen) atoms. The molecular weight excluding hydrogens is 765 g/mol. The minimum atomic E-state index is -0.781. The van der Waals surface area contributed by atoms with E-state index in [2.05, 4.69) is 111 Å². The lowest BCUT2D eigenvalue weighted by Crippen LogP contribution is -2.28. The van der Waals surface area contributed by atoms with Gasteiger partial charge in [-0.25, -0.2) is 0 Å². The fraction of sp³-hybridized carbons (Fsp3) is 0.684. The molecular formula is C57H96O5. The second-order valence-electron chi connectivity index (χ2n) is 16.9. The van der Waals surface area contributed by atoms with Crippen LogP contribution >= 0.6 is 0 Å². The van der Waals surface area contributed by atoms with Gasteiger partial charge in [0.25, 0.3) is 0 Å². The maximum atomic E-state index is 12.3. The molecule has 0 spiro atoms. The standard InChI is InChI=1S/C57H96O5/c1-3-5-7-9-11-13-15-17-19-20-21-22-23-24-25-26-27-28-29-30-31-32-33-34-35-36-38-40-42-44-46-48-50-52-57(60)62-55(53-58)54-61-56(59)51-49-47-45-43-41-39-37-18-16-14-12-10-8-6-4-2/h5,7,11,13,17-19,21-22,24-25,27-28,30-31,37,55,58H,3-4,6,8-10,12,14-16,20,23,26,29,32-36,38-54H2,1-2H3/b7-5-,13-11-,19-17-,22-21-,25-24-,28-27-,31-30-,37-18-. The van der Waals surface area contributed by atoms with Gasteiger partial charge in [-0.1, -0.05) is 220 Å². The third-order valence-electron chi connectivity index (χ3n) is 10.9. The number of allylic oxidation sites excluding steroid dienone is 16. The molecule has 0 aliphatic heterocycles. The Morgan fingerprint density at radius 3 is 1.06 bits per heavy atom. The van der Waals surface area contributed by atoms with E-state index in [1.165, 1.54) is 116 Å². The van der Waals surface area contributed by atoms with Gasteiger partial charge in [0.1, 0.15) is 6.61 Å². The highest BCUT2D eigenvalue weighted by atomic mass is 16.6. The lowest BCUT2D eigenvalue weighted by molar-refractivity contribution is -0.161. The van der Waals surface area contributed by atoms with Gasteiger partial charge in [0, 0.05) is 12.8 Å². The van der Waals surface area contributed by atoms with Crippen LogP contribution in [0.4, 0.5) is 0 Å². The van der Waals surface area contributed by atoms with E-state index in [1.54, 1.807) is 0 Å². The van der Waals surface area contributed by atoms with Crippen molar-refractivity contribution >= 4 is 11.9 Å². The van der Waals surface area contributed by atoms with Crippen LogP contribution in [0.25, 0.3) is 0 Å². The Morgan fingerprint density at radius 2 is 0.694 bits per heavy atom. The van der Waals surface area contributed by atoms with Crippen molar-refractivity contribution in [1.82, 2.24) is 0 Å². The van der Waals surface area contributed by atoms with Crippen molar-refractivity contribution in [3.05, 3.63) is 97.2 Å². The van der Waals surface area contributed by atoms with Crippen LogP contribution in [0.1, 0.15) is 232 Å². The lowest BCUT2D eigenvalue weighted by atomic mass is 10.0. The minimum Gasteiger partial charge on any atom is -0.462 e. The van der Waals surface area contributed by atoms with Crippen LogP contribution in [0.5, 0.6) is 0 Å². The molecule has 1 atom stereocenters. The number of ether oxygens (including phenoxy) is 2. The van der Waals surface area contributed by atoms with Crippen molar-refractivity contribution in [3.8, 4) is 0 Å². The molecule has 0 amide bonds. The van der Waals surface area contributed by atoms with E-state index in [4.69, 9.17) is 9.47 Å². The summed E-state index contributed by atoms with van der Waals surface area (Å²) in [6.07, 6.45) is 73.6. The zero-order valence-electron chi connectivity index (χ0n) is 40.4. The number of carbonyl (C=O) groups excluding carboxylic acids is 2. The second-order valence-corrected chi connectivity index (χ2v) is 16.9. The summed E-state index contributed by atoms with van der Waals surface area (Å²) in [6, 6.07) is 0. The first-order chi connectivity index (χ1) is 30.6. The number of esters is 2. The summed E-state index contributed by atoms with van der Waals surface area (Å²) in [7, 11) is 0. The number of carbonyl (C=O) groups is 2. The fourth-order valence-electron chi connectivity index (χ4n) is 7.00. The molecule has 0 aliphatic rings. The minimum absolute atomic E-state index is 0.0745. The molecule has 0 saturated heterocycles. The fourth-order valence-corrected chi connectivity index (χ4v) is 7.00. The second kappa shape index (κ2) is 52.2. The van der Waals surface area contributed by atoms with Gasteiger partial charge in [-0.15, -0.1) is 0 Å². The molecule has 0 radical (unpaired) electrons. The van der Waals surface area contributed by atoms with Gasteiger partial charge in [0.2, 0.25) is 0 Å². The van der Waals surface area contributed by atoms with Crippen LogP contribution in [-0.4, -0.2) is 36.4 Å². The topological polar surface area (TPSA) is 72.8 Å². The van der Waals surface area contributed by atoms with Crippen LogP contribution < -0.4 is 0 Å². The average molecular weight is 861 g/mol. The zero-order valence-corrected chi connectivity index (χ0v) is 40.4. The van der Waals surface area contributed by atoms with Crippen LogP contribution in [0.3, 0.4) is 0 Å². The summed E-state index contributed by atoms with van der Waals surface area (Å²) < 4.78 is 10.7. The number of rotatable bonds is 46. The zero-order chi connectivity index (χ0) is 44.9. The summed E-state index contributed by atoms with van der Waals surface area (Å²) >= 11 is 0. The number of hydrogen-bond donors (Lipinski definition) is 1. The molecule has 0 saturated carbocycles. The van der Waals surface area contributed by atoms with E-state index in [9.17, 15) is 14.7 Å². The van der Waals surface area contributed by atoms with Crippen LogP contribution in [0.15, 0.2) is 97.2 Å². The van der Waals surface area contributed by atoms with Crippen LogP contribution in [-0.2, 0) is 19.1 Å². The molecule has 5 nitrogen and oxygen atoms in total. The highest BCUT2D eigenvalue weighted by molar-refractivity contribution is 5.70. The molecule has 0 aliphatic carbocycles. The number of aliphatic hydroxyl groups is 1. The Bertz CT molecular complexity index is 1200. The lowest BCUT2D eigenvalue weighted by Gasteiger charge is -2.15. The Morgan fingerprint density at radius 1 is 0.387 bits per heavy atom. The average Bonchev–Trinajstić information content (AvgIpc) is 3.28. The van der Waals surface area contributed by atoms with E-state index in [-0.39, 0.29) is 25.2 Å². The predicted molar refractivity (Wildman–Crippen MR) is 269 cm³/mol. The smallest absolute Gasteiger partial charge is 0.306 e. The van der Waals surface area contributed by atoms with Gasteiger partial charge < -0.3 is 14.6 Å². The van der Waals surface area contributed by atoms with Crippen molar-refractivity contribution in [2.75, 3.05) is 13.2 Å². The van der Waals surface area contributed by atoms with E-state index in [0.29, 0.717) is 12.8 Å². The van der Waals surface area contributed by atoms with Gasteiger partial charge in [0.05, 0.1) is 6.61 Å². The number of hydrogen-bond acceptors (Lipinski definition) is 5. The molecule has 0 rings (SSSR count). The third-order valence-corrected chi connectivity index (χ3v) is 10.9. The SMILES string of the molecule is CC/C=C\C/C=C\C/C=C\C/C=C\C/C=C\C/C=C\C/C=C\CCCCCCCCCCCCCC(=O)OC(CO)COC(=O)CCCCCCC/C=C\CCCCCCCC. The number of aliphatic hydroxyl groups excluding tert-OH is 1. The molecule has 0 fully saturated rings. The maximum absolute atomic E-state index is 12.3. The van der Waals surface area contributed by atoms with E-state index >= 15 is 0 Å². The first-order valence-corrected chi connectivity index (χ1v) is 25.8. The van der Waals surface area contributed by atoms with Gasteiger partial charge in [0.15, 0.2) is 6.10 Å². The van der Waals surface area contributed by atoms with Crippen molar-refractivity contribution in [2.24, 2.45) is 0 Å². The third kappa shape index (κ3) is 49.5. The van der Waals surface area contributed by atoms with E-state index in [1.807, 2.05) is 0 Å². The van der Waals surface area contributed by atoms with Crippen LogP contribution in [0.2, 0.25) is 0 Å². The van der Waals surface area contributed by atoms with Crippen molar-refractivity contribution < 1.29 is 24.2 Å². The molecule has 1 unspecified atom stereocenters. The summed E-state index contributed by atoms with van der Waals surface area (Å²) in [5.74, 6) is -0.605. The van der Waals surface area contributed by atoms with Gasteiger partial charge >= 0.3 is 11.9 Å². The molecule has 0 heterocycles. The molecule has 0 aromatic heterocycles. The molecule has 0 aromatic carbocycles. The normalized spacial score (nSPS) is 13.0. The van der Waals surface area contributed by atoms with Gasteiger partial charge in [-0.3, -0.25) is 9.59 Å². The Kier molecular flexibility index (Phi) is 49.5. The van der Waals surface area contributed by atoms with Crippen LogP contribution in [0, 0.1) is 0 Å².